The number of hydrogen-bond acceptors (Lipinski definition) is 6. The van der Waals surface area contributed by atoms with Crippen LogP contribution in [0.2, 0.25) is 5.02 Å². The number of carbonyl (C=O) groups is 2. The molecule has 3 aromatic rings. The number of rotatable bonds is 8. The van der Waals surface area contributed by atoms with Gasteiger partial charge in [0.2, 0.25) is 6.10 Å². The van der Waals surface area contributed by atoms with Crippen LogP contribution in [0, 0.1) is 12.8 Å². The second-order valence-electron chi connectivity index (χ2n) is 8.19. The van der Waals surface area contributed by atoms with Gasteiger partial charge in [-0.15, -0.1) is 0 Å². The number of pyridine rings is 1. The van der Waals surface area contributed by atoms with Gasteiger partial charge in [-0.1, -0.05) is 23.7 Å². The predicted molar refractivity (Wildman–Crippen MR) is 128 cm³/mol. The van der Waals surface area contributed by atoms with E-state index in [9.17, 15) is 9.59 Å². The number of benzene rings is 1. The van der Waals surface area contributed by atoms with Crippen molar-refractivity contribution in [1.82, 2.24) is 25.4 Å². The highest BCUT2D eigenvalue weighted by Crippen LogP contribution is 2.17. The van der Waals surface area contributed by atoms with E-state index in [0.29, 0.717) is 41.5 Å². The summed E-state index contributed by atoms with van der Waals surface area (Å²) < 4.78 is 1.65. The molecule has 9 nitrogen and oxygen atoms in total. The molecule has 2 amide bonds. The van der Waals surface area contributed by atoms with Crippen LogP contribution in [0.25, 0.3) is 5.69 Å². The van der Waals surface area contributed by atoms with Gasteiger partial charge in [0.05, 0.1) is 22.7 Å². The maximum Gasteiger partial charge on any atom is 0.264 e. The first-order valence-corrected chi connectivity index (χ1v) is 11.3. The summed E-state index contributed by atoms with van der Waals surface area (Å²) in [5.74, 6) is -0.440. The third-order valence-corrected chi connectivity index (χ3v) is 5.68. The van der Waals surface area contributed by atoms with Crippen LogP contribution in [0.4, 0.5) is 0 Å². The lowest BCUT2D eigenvalue weighted by Gasteiger charge is -2.15. The summed E-state index contributed by atoms with van der Waals surface area (Å²) in [6.45, 7) is 4.52. The Morgan fingerprint density at radius 2 is 1.97 bits per heavy atom. The number of carbonyl (C=O) groups excluding carboxylic acids is 2. The van der Waals surface area contributed by atoms with Crippen molar-refractivity contribution < 1.29 is 14.4 Å². The number of hydrogen-bond donors (Lipinski definition) is 2. The molecular formula is C24H25ClN6O3. The largest absolute Gasteiger partial charge is 0.382 e. The number of oxime groups is 1. The van der Waals surface area contributed by atoms with Crippen molar-refractivity contribution in [2.75, 3.05) is 13.1 Å². The summed E-state index contributed by atoms with van der Waals surface area (Å²) in [6.07, 6.45) is 4.78. The second kappa shape index (κ2) is 10.5. The van der Waals surface area contributed by atoms with Crippen LogP contribution >= 0.6 is 11.6 Å². The van der Waals surface area contributed by atoms with Crippen molar-refractivity contribution in [3.63, 3.8) is 0 Å². The molecule has 4 rings (SSSR count). The molecule has 0 saturated carbocycles. The van der Waals surface area contributed by atoms with Crippen LogP contribution in [0.5, 0.6) is 0 Å². The molecule has 0 saturated heterocycles. The SMILES string of the molecule is Cc1nn(-c2ccc(Cl)cc2)cc1C(=O)NCC(C)CNC(=O)C1CC(c2cccnc2)=NO1. The topological polar surface area (TPSA) is 111 Å². The van der Waals surface area contributed by atoms with Gasteiger partial charge in [-0.25, -0.2) is 4.68 Å². The summed E-state index contributed by atoms with van der Waals surface area (Å²) in [4.78, 5) is 34.5. The Hall–Kier alpha value is -3.72. The Morgan fingerprint density at radius 3 is 2.71 bits per heavy atom. The normalized spacial score (nSPS) is 15.9. The van der Waals surface area contributed by atoms with Crippen LogP contribution in [-0.4, -0.2) is 51.5 Å². The van der Waals surface area contributed by atoms with Gasteiger partial charge in [0.15, 0.2) is 0 Å². The van der Waals surface area contributed by atoms with Gasteiger partial charge in [0.1, 0.15) is 0 Å². The quantitative estimate of drug-likeness (QED) is 0.515. The highest BCUT2D eigenvalue weighted by molar-refractivity contribution is 6.30. The van der Waals surface area contributed by atoms with Crippen LogP contribution < -0.4 is 10.6 Å². The van der Waals surface area contributed by atoms with Gasteiger partial charge in [-0.3, -0.25) is 14.6 Å². The lowest BCUT2D eigenvalue weighted by atomic mass is 10.1. The molecule has 0 fully saturated rings. The monoisotopic (exact) mass is 480 g/mol. The summed E-state index contributed by atoms with van der Waals surface area (Å²) in [7, 11) is 0. The van der Waals surface area contributed by atoms with Gasteiger partial charge in [-0.05, 0) is 49.2 Å². The molecule has 3 heterocycles. The fraction of sp³-hybridized carbons (Fsp3) is 0.292. The Bertz CT molecular complexity index is 1190. The molecule has 2 unspecified atom stereocenters. The van der Waals surface area contributed by atoms with Crippen LogP contribution in [0.3, 0.4) is 0 Å². The van der Waals surface area contributed by atoms with Gasteiger partial charge < -0.3 is 15.5 Å². The van der Waals surface area contributed by atoms with E-state index in [1.54, 1.807) is 42.3 Å². The highest BCUT2D eigenvalue weighted by atomic mass is 35.5. The van der Waals surface area contributed by atoms with Crippen molar-refractivity contribution >= 4 is 29.1 Å². The molecule has 34 heavy (non-hydrogen) atoms. The average Bonchev–Trinajstić information content (AvgIpc) is 3.49. The van der Waals surface area contributed by atoms with E-state index in [2.05, 4.69) is 25.9 Å². The molecule has 0 bridgehead atoms. The number of nitrogens with zero attached hydrogens (tertiary/aromatic N) is 4. The minimum absolute atomic E-state index is 0.0135. The lowest BCUT2D eigenvalue weighted by molar-refractivity contribution is -0.131. The molecule has 2 aromatic heterocycles. The maximum atomic E-state index is 12.7. The molecule has 1 aromatic carbocycles. The fourth-order valence-electron chi connectivity index (χ4n) is 3.45. The molecule has 0 aliphatic carbocycles. The number of halogens is 1. The average molecular weight is 481 g/mol. The van der Waals surface area contributed by atoms with Crippen molar-refractivity contribution in [2.45, 2.75) is 26.4 Å². The zero-order chi connectivity index (χ0) is 24.1. The maximum absolute atomic E-state index is 12.7. The van der Waals surface area contributed by atoms with E-state index >= 15 is 0 Å². The predicted octanol–water partition coefficient (Wildman–Crippen LogP) is 2.90. The minimum atomic E-state index is -0.668. The summed E-state index contributed by atoms with van der Waals surface area (Å²) >= 11 is 5.94. The van der Waals surface area contributed by atoms with E-state index in [0.717, 1.165) is 11.3 Å². The third-order valence-electron chi connectivity index (χ3n) is 5.43. The van der Waals surface area contributed by atoms with Gasteiger partial charge >= 0.3 is 0 Å². The summed E-state index contributed by atoms with van der Waals surface area (Å²) in [6, 6.07) is 10.9. The smallest absolute Gasteiger partial charge is 0.264 e. The molecule has 0 radical (unpaired) electrons. The van der Waals surface area contributed by atoms with Gasteiger partial charge in [0, 0.05) is 48.7 Å². The molecular weight excluding hydrogens is 456 g/mol. The van der Waals surface area contributed by atoms with Crippen molar-refractivity contribution in [3.8, 4) is 5.69 Å². The lowest BCUT2D eigenvalue weighted by Crippen LogP contribution is -2.40. The number of amides is 2. The van der Waals surface area contributed by atoms with E-state index in [-0.39, 0.29) is 17.7 Å². The third kappa shape index (κ3) is 5.60. The Morgan fingerprint density at radius 1 is 1.21 bits per heavy atom. The Kier molecular flexibility index (Phi) is 7.22. The van der Waals surface area contributed by atoms with Crippen LogP contribution in [-0.2, 0) is 9.63 Å². The molecule has 1 aliphatic rings. The highest BCUT2D eigenvalue weighted by Gasteiger charge is 2.29. The number of aryl methyl sites for hydroxylation is 1. The van der Waals surface area contributed by atoms with Crippen molar-refractivity contribution in [1.29, 1.82) is 0 Å². The second-order valence-corrected chi connectivity index (χ2v) is 8.62. The molecule has 1 aliphatic heterocycles. The van der Waals surface area contributed by atoms with E-state index in [1.807, 2.05) is 31.2 Å². The molecule has 0 spiro atoms. The standard InChI is InChI=1S/C24H25ClN6O3/c1-15(12-28-24(33)22-10-21(30-34-22)17-4-3-9-26-13-17)11-27-23(32)20-14-31(29-16(20)2)19-7-5-18(25)6-8-19/h3-9,13-15,22H,10-12H2,1-2H3,(H,27,32)(H,28,33). The fourth-order valence-corrected chi connectivity index (χ4v) is 3.58. The zero-order valence-corrected chi connectivity index (χ0v) is 19.6. The molecule has 176 valence electrons. The van der Waals surface area contributed by atoms with Crippen LogP contribution in [0.15, 0.2) is 60.1 Å². The van der Waals surface area contributed by atoms with Crippen molar-refractivity contribution in [2.24, 2.45) is 11.1 Å². The number of aromatic nitrogens is 3. The summed E-state index contributed by atoms with van der Waals surface area (Å²) in [5, 5.41) is 14.8. The van der Waals surface area contributed by atoms with Crippen molar-refractivity contribution in [3.05, 3.63) is 76.8 Å². The first-order chi connectivity index (χ1) is 16.4. The molecule has 2 atom stereocenters. The van der Waals surface area contributed by atoms with E-state index in [1.165, 1.54) is 0 Å². The zero-order valence-electron chi connectivity index (χ0n) is 18.9. The molecule has 2 N–H and O–H groups in total. The summed E-state index contributed by atoms with van der Waals surface area (Å²) in [5.41, 5.74) is 3.46. The first kappa shape index (κ1) is 23.4. The Labute approximate surface area is 202 Å². The molecule has 10 heteroatoms. The van der Waals surface area contributed by atoms with Gasteiger partial charge in [0.25, 0.3) is 11.8 Å². The first-order valence-electron chi connectivity index (χ1n) is 10.9. The number of nitrogens with one attached hydrogen (secondary N) is 2. The van der Waals surface area contributed by atoms with Crippen LogP contribution in [0.1, 0.15) is 35.0 Å². The van der Waals surface area contributed by atoms with E-state index < -0.39 is 6.10 Å². The van der Waals surface area contributed by atoms with Gasteiger partial charge in [-0.2, -0.15) is 5.10 Å². The Balaban J connectivity index is 1.23. The minimum Gasteiger partial charge on any atom is -0.382 e. The van der Waals surface area contributed by atoms with E-state index in [4.69, 9.17) is 16.4 Å².